The number of aryl methyl sites for hydroxylation is 1. The van der Waals surface area contributed by atoms with Crippen molar-refractivity contribution in [1.82, 2.24) is 24.0 Å². The summed E-state index contributed by atoms with van der Waals surface area (Å²) in [5, 5.41) is 4.23. The molecule has 21 heavy (non-hydrogen) atoms. The Morgan fingerprint density at radius 1 is 1.29 bits per heavy atom. The van der Waals surface area contributed by atoms with Crippen LogP contribution in [-0.4, -0.2) is 63.1 Å². The minimum Gasteiger partial charge on any atom is -0.339 e. The zero-order chi connectivity index (χ0) is 15.0. The average molecular weight is 289 g/mol. The molecule has 1 fully saturated rings. The number of amides is 1. The van der Waals surface area contributed by atoms with E-state index in [0.29, 0.717) is 24.4 Å². The summed E-state index contributed by atoms with van der Waals surface area (Å²) >= 11 is 0. The van der Waals surface area contributed by atoms with Gasteiger partial charge in [0.15, 0.2) is 0 Å². The van der Waals surface area contributed by atoms with E-state index in [0.717, 1.165) is 13.1 Å². The Balaban J connectivity index is 1.83. The Bertz CT molecular complexity index is 725. The van der Waals surface area contributed by atoms with Crippen LogP contribution in [0.15, 0.2) is 23.1 Å². The number of piperazine rings is 1. The summed E-state index contributed by atoms with van der Waals surface area (Å²) in [7, 11) is 2.04. The van der Waals surface area contributed by atoms with E-state index in [1.54, 1.807) is 27.6 Å². The van der Waals surface area contributed by atoms with Crippen molar-refractivity contribution in [3.05, 3.63) is 34.5 Å². The predicted octanol–water partition coefficient (Wildman–Crippen LogP) is -0.422. The molecule has 112 valence electrons. The molecule has 0 unspecified atom stereocenters. The number of nitrogens with zero attached hydrogens (tertiary/aromatic N) is 5. The second kappa shape index (κ2) is 5.33. The fourth-order valence-corrected chi connectivity index (χ4v) is 2.63. The first-order valence-corrected chi connectivity index (χ1v) is 7.07. The standard InChI is InChI=1S/C14H19N5O2/c1-11-15-19(14(21)12-4-3-5-18(11)12)10-13(20)17-8-6-16(2)7-9-17/h3-5H,6-10H2,1-2H3. The Kier molecular flexibility index (Phi) is 3.50. The average Bonchev–Trinajstić information content (AvgIpc) is 2.95. The zero-order valence-electron chi connectivity index (χ0n) is 12.3. The Morgan fingerprint density at radius 2 is 2.00 bits per heavy atom. The van der Waals surface area contributed by atoms with Gasteiger partial charge < -0.3 is 9.80 Å². The second-order valence-corrected chi connectivity index (χ2v) is 5.46. The summed E-state index contributed by atoms with van der Waals surface area (Å²) in [6.45, 7) is 4.97. The molecule has 1 aliphatic heterocycles. The zero-order valence-corrected chi connectivity index (χ0v) is 12.3. The highest BCUT2D eigenvalue weighted by molar-refractivity contribution is 5.76. The molecule has 0 atom stereocenters. The van der Waals surface area contributed by atoms with E-state index < -0.39 is 0 Å². The van der Waals surface area contributed by atoms with Crippen molar-refractivity contribution in [3.63, 3.8) is 0 Å². The van der Waals surface area contributed by atoms with Gasteiger partial charge in [0, 0.05) is 32.4 Å². The van der Waals surface area contributed by atoms with Crippen molar-refractivity contribution in [1.29, 1.82) is 0 Å². The maximum Gasteiger partial charge on any atom is 0.291 e. The van der Waals surface area contributed by atoms with Crippen LogP contribution >= 0.6 is 0 Å². The minimum atomic E-state index is -0.229. The Morgan fingerprint density at radius 3 is 2.71 bits per heavy atom. The maximum atomic E-state index is 12.3. The van der Waals surface area contributed by atoms with Crippen LogP contribution < -0.4 is 5.56 Å². The van der Waals surface area contributed by atoms with Gasteiger partial charge in [-0.15, -0.1) is 0 Å². The molecule has 7 heteroatoms. The van der Waals surface area contributed by atoms with Crippen LogP contribution in [0.5, 0.6) is 0 Å². The molecule has 3 heterocycles. The third-order valence-electron chi connectivity index (χ3n) is 3.96. The highest BCUT2D eigenvalue weighted by Gasteiger charge is 2.20. The topological polar surface area (TPSA) is 62.9 Å². The molecule has 0 saturated carbocycles. The Labute approximate surface area is 122 Å². The van der Waals surface area contributed by atoms with Gasteiger partial charge in [-0.1, -0.05) is 0 Å². The van der Waals surface area contributed by atoms with Gasteiger partial charge >= 0.3 is 0 Å². The molecule has 0 aromatic carbocycles. The molecule has 2 aromatic heterocycles. The van der Waals surface area contributed by atoms with Crippen molar-refractivity contribution in [2.24, 2.45) is 0 Å². The van der Waals surface area contributed by atoms with E-state index in [1.807, 2.05) is 14.0 Å². The van der Waals surface area contributed by atoms with Gasteiger partial charge in [-0.25, -0.2) is 4.68 Å². The third kappa shape index (κ3) is 2.56. The molecule has 0 N–H and O–H groups in total. The molecular weight excluding hydrogens is 270 g/mol. The fourth-order valence-electron chi connectivity index (χ4n) is 2.63. The van der Waals surface area contributed by atoms with Crippen molar-refractivity contribution < 1.29 is 4.79 Å². The lowest BCUT2D eigenvalue weighted by Gasteiger charge is -2.32. The lowest BCUT2D eigenvalue weighted by Crippen LogP contribution is -2.48. The number of carbonyl (C=O) groups excluding carboxylic acids is 1. The van der Waals surface area contributed by atoms with E-state index >= 15 is 0 Å². The van der Waals surface area contributed by atoms with E-state index in [4.69, 9.17) is 0 Å². The number of carbonyl (C=O) groups is 1. The molecule has 3 rings (SSSR count). The molecule has 7 nitrogen and oxygen atoms in total. The molecule has 0 aliphatic carbocycles. The SMILES string of the molecule is Cc1nn(CC(=O)N2CCN(C)CC2)c(=O)c2cccn12. The molecular formula is C14H19N5O2. The third-order valence-corrected chi connectivity index (χ3v) is 3.96. The molecule has 0 bridgehead atoms. The summed E-state index contributed by atoms with van der Waals surface area (Å²) in [5.74, 6) is 0.647. The van der Waals surface area contributed by atoms with Gasteiger partial charge in [-0.05, 0) is 26.1 Å². The molecule has 2 aromatic rings. The lowest BCUT2D eigenvalue weighted by molar-refractivity contribution is -0.133. The highest BCUT2D eigenvalue weighted by atomic mass is 16.2. The van der Waals surface area contributed by atoms with Crippen LogP contribution in [-0.2, 0) is 11.3 Å². The number of rotatable bonds is 2. The van der Waals surface area contributed by atoms with Crippen molar-refractivity contribution >= 4 is 11.4 Å². The van der Waals surface area contributed by atoms with E-state index in [1.165, 1.54) is 4.68 Å². The number of hydrogen-bond acceptors (Lipinski definition) is 4. The van der Waals surface area contributed by atoms with E-state index in [2.05, 4.69) is 10.00 Å². The van der Waals surface area contributed by atoms with E-state index in [-0.39, 0.29) is 18.0 Å². The fraction of sp³-hybridized carbons (Fsp3) is 0.500. The Hall–Kier alpha value is -2.15. The lowest BCUT2D eigenvalue weighted by atomic mass is 10.3. The largest absolute Gasteiger partial charge is 0.339 e. The quantitative estimate of drug-likeness (QED) is 0.753. The minimum absolute atomic E-state index is 0.00503. The number of fused-ring (bicyclic) bond motifs is 1. The van der Waals surface area contributed by atoms with Gasteiger partial charge in [-0.3, -0.25) is 14.0 Å². The number of likely N-dealkylation sites (N-methyl/N-ethyl adjacent to an activating group) is 1. The molecule has 0 radical (unpaired) electrons. The van der Waals surface area contributed by atoms with Crippen LogP contribution in [0.1, 0.15) is 5.82 Å². The summed E-state index contributed by atoms with van der Waals surface area (Å²) in [6, 6.07) is 3.55. The van der Waals surface area contributed by atoms with Crippen molar-refractivity contribution in [3.8, 4) is 0 Å². The van der Waals surface area contributed by atoms with Gasteiger partial charge in [0.25, 0.3) is 5.56 Å². The van der Waals surface area contributed by atoms with Crippen molar-refractivity contribution in [2.75, 3.05) is 33.2 Å². The van der Waals surface area contributed by atoms with Crippen LogP contribution in [0.4, 0.5) is 0 Å². The summed E-state index contributed by atoms with van der Waals surface area (Å²) in [4.78, 5) is 28.6. The first-order valence-electron chi connectivity index (χ1n) is 7.07. The number of hydrogen-bond donors (Lipinski definition) is 0. The van der Waals surface area contributed by atoms with Crippen LogP contribution in [0.3, 0.4) is 0 Å². The van der Waals surface area contributed by atoms with Crippen LogP contribution in [0, 0.1) is 6.92 Å². The van der Waals surface area contributed by atoms with Gasteiger partial charge in [-0.2, -0.15) is 5.10 Å². The van der Waals surface area contributed by atoms with Gasteiger partial charge in [0.05, 0.1) is 0 Å². The normalized spacial score (nSPS) is 16.6. The monoisotopic (exact) mass is 289 g/mol. The predicted molar refractivity (Wildman–Crippen MR) is 78.3 cm³/mol. The molecule has 1 aliphatic rings. The van der Waals surface area contributed by atoms with Crippen LogP contribution in [0.25, 0.3) is 5.52 Å². The van der Waals surface area contributed by atoms with Crippen LogP contribution in [0.2, 0.25) is 0 Å². The summed E-state index contributed by atoms with van der Waals surface area (Å²) in [6.07, 6.45) is 1.80. The smallest absolute Gasteiger partial charge is 0.291 e. The summed E-state index contributed by atoms with van der Waals surface area (Å²) < 4.78 is 3.00. The highest BCUT2D eigenvalue weighted by Crippen LogP contribution is 2.03. The molecule has 0 spiro atoms. The van der Waals surface area contributed by atoms with Gasteiger partial charge in [0.1, 0.15) is 17.9 Å². The maximum absolute atomic E-state index is 12.3. The van der Waals surface area contributed by atoms with E-state index in [9.17, 15) is 9.59 Å². The van der Waals surface area contributed by atoms with Crippen molar-refractivity contribution in [2.45, 2.75) is 13.5 Å². The molecule has 1 saturated heterocycles. The summed E-state index contributed by atoms with van der Waals surface area (Å²) in [5.41, 5.74) is 0.321. The first kappa shape index (κ1) is 13.8. The molecule has 1 amide bonds. The van der Waals surface area contributed by atoms with Gasteiger partial charge in [0.2, 0.25) is 5.91 Å². The first-order chi connectivity index (χ1) is 10.1. The second-order valence-electron chi connectivity index (χ2n) is 5.46. The number of aromatic nitrogens is 3.